The van der Waals surface area contributed by atoms with Crippen LogP contribution in [0.15, 0.2) is 48.5 Å². The van der Waals surface area contributed by atoms with Crippen LogP contribution >= 0.6 is 0 Å². The van der Waals surface area contributed by atoms with Crippen molar-refractivity contribution in [1.29, 1.82) is 0 Å². The van der Waals surface area contributed by atoms with Gasteiger partial charge in [0.15, 0.2) is 0 Å². The van der Waals surface area contributed by atoms with Gasteiger partial charge in [-0.05, 0) is 50.2 Å². The van der Waals surface area contributed by atoms with Crippen molar-refractivity contribution >= 4 is 17.5 Å². The molecule has 0 unspecified atom stereocenters. The Bertz CT molecular complexity index is 890. The van der Waals surface area contributed by atoms with Crippen molar-refractivity contribution in [2.45, 2.75) is 25.4 Å². The monoisotopic (exact) mass is 366 g/mol. The van der Waals surface area contributed by atoms with Crippen LogP contribution in [0.1, 0.15) is 35.3 Å². The summed E-state index contributed by atoms with van der Waals surface area (Å²) >= 11 is 0. The Hall–Kier alpha value is -3.34. The first-order chi connectivity index (χ1) is 12.7. The highest BCUT2D eigenvalue weighted by Gasteiger charge is 2.33. The lowest BCUT2D eigenvalue weighted by Gasteiger charge is -2.29. The number of nitrogen functional groups attached to an aromatic ring is 1. The maximum Gasteiger partial charge on any atom is 0.267 e. The molecule has 0 aliphatic rings. The zero-order chi connectivity index (χ0) is 20.0. The molecule has 7 nitrogen and oxygen atoms in total. The summed E-state index contributed by atoms with van der Waals surface area (Å²) in [6, 6.07) is 12.7. The van der Waals surface area contributed by atoms with Crippen LogP contribution in [0.3, 0.4) is 0 Å². The van der Waals surface area contributed by atoms with Gasteiger partial charge in [0, 0.05) is 27.9 Å². The van der Waals surface area contributed by atoms with Gasteiger partial charge in [0.05, 0.1) is 0 Å². The molecule has 27 heavy (non-hydrogen) atoms. The van der Waals surface area contributed by atoms with E-state index >= 15 is 0 Å². The Balaban J connectivity index is 2.14. The van der Waals surface area contributed by atoms with Crippen LogP contribution in [0.2, 0.25) is 0 Å². The average molecular weight is 366 g/mol. The molecule has 0 saturated carbocycles. The first-order valence-electron chi connectivity index (χ1n) is 8.22. The third kappa shape index (κ3) is 5.31. The number of carbonyl (C=O) groups is 2. The Morgan fingerprint density at radius 1 is 1.07 bits per heavy atom. The maximum absolute atomic E-state index is 12.4. The Morgan fingerprint density at radius 3 is 2.26 bits per heavy atom. The van der Waals surface area contributed by atoms with Crippen molar-refractivity contribution in [3.05, 3.63) is 65.2 Å². The predicted molar refractivity (Wildman–Crippen MR) is 103 cm³/mol. The van der Waals surface area contributed by atoms with Gasteiger partial charge in [-0.15, -0.1) is 0 Å². The summed E-state index contributed by atoms with van der Waals surface area (Å²) in [7, 11) is 0. The molecule has 0 aliphatic carbocycles. The number of benzene rings is 2. The second kappa shape index (κ2) is 8.36. The molecule has 2 aromatic rings. The third-order valence-corrected chi connectivity index (χ3v) is 3.84. The molecule has 7 heteroatoms. The fraction of sp³-hybridized carbons (Fsp3) is 0.200. The standard InChI is InChI=1S/C20H22N4O3/c1-20(2,22)17(19(26)24-27)23-18(25)15-11-8-13(9-12-15)7-10-14-5-3-4-6-16(14)21/h3-6,8-9,11-12,17,27H,21-22H2,1-2H3,(H,23,25)(H,24,26)/t17-/m1/s1. The molecule has 0 aliphatic heterocycles. The van der Waals surface area contributed by atoms with E-state index in [4.69, 9.17) is 16.7 Å². The molecule has 1 atom stereocenters. The van der Waals surface area contributed by atoms with Gasteiger partial charge < -0.3 is 16.8 Å². The molecular weight excluding hydrogens is 344 g/mol. The van der Waals surface area contributed by atoms with Crippen LogP contribution in [-0.2, 0) is 4.79 Å². The fourth-order valence-corrected chi connectivity index (χ4v) is 2.32. The minimum Gasteiger partial charge on any atom is -0.398 e. The number of para-hydroxylation sites is 1. The number of nitrogens with two attached hydrogens (primary N) is 2. The smallest absolute Gasteiger partial charge is 0.267 e. The quantitative estimate of drug-likeness (QED) is 0.239. The van der Waals surface area contributed by atoms with Crippen LogP contribution in [0.5, 0.6) is 0 Å². The number of nitrogens with one attached hydrogen (secondary N) is 2. The molecule has 0 saturated heterocycles. The zero-order valence-electron chi connectivity index (χ0n) is 15.1. The second-order valence-electron chi connectivity index (χ2n) is 6.62. The molecule has 0 fully saturated rings. The molecule has 0 bridgehead atoms. The van der Waals surface area contributed by atoms with E-state index < -0.39 is 23.4 Å². The molecule has 2 aromatic carbocycles. The number of anilines is 1. The number of hydrogen-bond acceptors (Lipinski definition) is 5. The van der Waals surface area contributed by atoms with Crippen LogP contribution in [0.4, 0.5) is 5.69 Å². The second-order valence-corrected chi connectivity index (χ2v) is 6.62. The van der Waals surface area contributed by atoms with Gasteiger partial charge in [-0.3, -0.25) is 14.8 Å². The van der Waals surface area contributed by atoms with E-state index in [-0.39, 0.29) is 0 Å². The van der Waals surface area contributed by atoms with Crippen LogP contribution in [0.25, 0.3) is 0 Å². The lowest BCUT2D eigenvalue weighted by atomic mass is 9.95. The number of hydroxylamine groups is 1. The average Bonchev–Trinajstić information content (AvgIpc) is 2.64. The minimum absolute atomic E-state index is 0.333. The molecular formula is C20H22N4O3. The summed E-state index contributed by atoms with van der Waals surface area (Å²) in [5, 5.41) is 11.4. The molecule has 140 valence electrons. The molecule has 0 aromatic heterocycles. The van der Waals surface area contributed by atoms with Gasteiger partial charge in [-0.2, -0.15) is 0 Å². The van der Waals surface area contributed by atoms with E-state index in [2.05, 4.69) is 17.2 Å². The van der Waals surface area contributed by atoms with E-state index in [0.29, 0.717) is 16.8 Å². The Kier molecular flexibility index (Phi) is 6.19. The van der Waals surface area contributed by atoms with E-state index in [9.17, 15) is 9.59 Å². The SMILES string of the molecule is CC(C)(N)[C@H](NC(=O)c1ccc(C#Cc2ccccc2N)cc1)C(=O)NO. The number of hydrogen-bond donors (Lipinski definition) is 5. The third-order valence-electron chi connectivity index (χ3n) is 3.84. The zero-order valence-corrected chi connectivity index (χ0v) is 15.1. The van der Waals surface area contributed by atoms with Crippen molar-refractivity contribution in [1.82, 2.24) is 10.8 Å². The largest absolute Gasteiger partial charge is 0.398 e. The van der Waals surface area contributed by atoms with Crippen molar-refractivity contribution in [2.24, 2.45) is 5.73 Å². The predicted octanol–water partition coefficient (Wildman–Crippen LogP) is 1.01. The van der Waals surface area contributed by atoms with Crippen LogP contribution in [-0.4, -0.2) is 28.6 Å². The van der Waals surface area contributed by atoms with Crippen molar-refractivity contribution in [3.8, 4) is 11.8 Å². The maximum atomic E-state index is 12.4. The highest BCUT2D eigenvalue weighted by Crippen LogP contribution is 2.11. The van der Waals surface area contributed by atoms with E-state index in [1.165, 1.54) is 5.48 Å². The van der Waals surface area contributed by atoms with E-state index in [1.807, 2.05) is 18.2 Å². The fourth-order valence-electron chi connectivity index (χ4n) is 2.32. The Morgan fingerprint density at radius 2 is 1.70 bits per heavy atom. The summed E-state index contributed by atoms with van der Waals surface area (Å²) in [5.74, 6) is 4.68. The first kappa shape index (κ1) is 20.0. The van der Waals surface area contributed by atoms with E-state index in [0.717, 1.165) is 5.56 Å². The summed E-state index contributed by atoms with van der Waals surface area (Å²) in [4.78, 5) is 24.1. The summed E-state index contributed by atoms with van der Waals surface area (Å²) in [5.41, 5.74) is 14.6. The highest BCUT2D eigenvalue weighted by molar-refractivity contribution is 5.97. The summed E-state index contributed by atoms with van der Waals surface area (Å²) < 4.78 is 0. The van der Waals surface area contributed by atoms with Gasteiger partial charge in [-0.25, -0.2) is 5.48 Å². The highest BCUT2D eigenvalue weighted by atomic mass is 16.5. The molecule has 7 N–H and O–H groups in total. The van der Waals surface area contributed by atoms with Crippen molar-refractivity contribution in [2.75, 3.05) is 5.73 Å². The number of carbonyl (C=O) groups excluding carboxylic acids is 2. The molecule has 0 spiro atoms. The Labute approximate surface area is 157 Å². The lowest BCUT2D eigenvalue weighted by Crippen LogP contribution is -2.61. The number of rotatable bonds is 4. The molecule has 0 heterocycles. The normalized spacial score (nSPS) is 11.7. The lowest BCUT2D eigenvalue weighted by molar-refractivity contribution is -0.132. The molecule has 0 radical (unpaired) electrons. The van der Waals surface area contributed by atoms with Crippen LogP contribution < -0.4 is 22.3 Å². The molecule has 2 amide bonds. The first-order valence-corrected chi connectivity index (χ1v) is 8.22. The van der Waals surface area contributed by atoms with Gasteiger partial charge in [0.25, 0.3) is 11.8 Å². The van der Waals surface area contributed by atoms with E-state index in [1.54, 1.807) is 44.2 Å². The van der Waals surface area contributed by atoms with Crippen molar-refractivity contribution in [3.63, 3.8) is 0 Å². The van der Waals surface area contributed by atoms with Gasteiger partial charge in [0.2, 0.25) is 0 Å². The summed E-state index contributed by atoms with van der Waals surface area (Å²) in [6.07, 6.45) is 0. The van der Waals surface area contributed by atoms with Crippen molar-refractivity contribution < 1.29 is 14.8 Å². The topological polar surface area (TPSA) is 130 Å². The van der Waals surface area contributed by atoms with Gasteiger partial charge >= 0.3 is 0 Å². The number of amides is 2. The van der Waals surface area contributed by atoms with Crippen LogP contribution in [0, 0.1) is 11.8 Å². The van der Waals surface area contributed by atoms with Gasteiger partial charge in [0.1, 0.15) is 6.04 Å². The van der Waals surface area contributed by atoms with Gasteiger partial charge in [-0.1, -0.05) is 24.0 Å². The minimum atomic E-state index is -1.10. The molecule has 2 rings (SSSR count). The summed E-state index contributed by atoms with van der Waals surface area (Å²) in [6.45, 7) is 3.14.